The van der Waals surface area contributed by atoms with Gasteiger partial charge in [0.1, 0.15) is 0 Å². The number of aryl methyl sites for hydroxylation is 1. The molecule has 1 amide bonds. The topological polar surface area (TPSA) is 55.1 Å². The molecule has 0 aromatic heterocycles. The van der Waals surface area contributed by atoms with E-state index in [-0.39, 0.29) is 11.4 Å². The lowest BCUT2D eigenvalue weighted by Crippen LogP contribution is -2.48. The third kappa shape index (κ3) is 3.19. The molecule has 1 saturated carbocycles. The Bertz CT molecular complexity index is 441. The van der Waals surface area contributed by atoms with Crippen LogP contribution in [0.5, 0.6) is 0 Å². The molecule has 0 atom stereocenters. The van der Waals surface area contributed by atoms with Crippen LogP contribution in [0.25, 0.3) is 0 Å². The lowest BCUT2D eigenvalue weighted by atomic mass is 9.75. The smallest absolute Gasteiger partial charge is 0.226 e. The van der Waals surface area contributed by atoms with Gasteiger partial charge in [0.2, 0.25) is 5.91 Å². The Labute approximate surface area is 115 Å². The van der Waals surface area contributed by atoms with Gasteiger partial charge in [-0.05, 0) is 72.5 Å². The molecule has 1 aromatic carbocycles. The Balaban J connectivity index is 1.98. The molecule has 4 heteroatoms. The van der Waals surface area contributed by atoms with E-state index in [1.54, 1.807) is 0 Å². The fourth-order valence-electron chi connectivity index (χ4n) is 2.09. The third-order valence-corrected chi connectivity index (χ3v) is 4.00. The molecule has 1 fully saturated rings. The summed E-state index contributed by atoms with van der Waals surface area (Å²) >= 11 is 2.26. The van der Waals surface area contributed by atoms with Crippen LogP contribution in [0.4, 0.5) is 5.69 Å². The number of halogens is 1. The molecule has 1 aliphatic carbocycles. The van der Waals surface area contributed by atoms with Crippen LogP contribution in [-0.4, -0.2) is 11.4 Å². The molecule has 1 aliphatic rings. The summed E-state index contributed by atoms with van der Waals surface area (Å²) in [7, 11) is 0. The van der Waals surface area contributed by atoms with Gasteiger partial charge in [0.25, 0.3) is 0 Å². The summed E-state index contributed by atoms with van der Waals surface area (Å²) < 4.78 is 1.17. The van der Waals surface area contributed by atoms with Crippen molar-refractivity contribution >= 4 is 34.2 Å². The largest absolute Gasteiger partial charge is 0.326 e. The van der Waals surface area contributed by atoms with E-state index in [4.69, 9.17) is 5.73 Å². The van der Waals surface area contributed by atoms with E-state index in [1.807, 2.05) is 19.1 Å². The van der Waals surface area contributed by atoms with Crippen molar-refractivity contribution in [3.63, 3.8) is 0 Å². The highest BCUT2D eigenvalue weighted by atomic mass is 127. The van der Waals surface area contributed by atoms with Crippen LogP contribution in [0.2, 0.25) is 0 Å². The number of hydrogen-bond acceptors (Lipinski definition) is 2. The zero-order valence-electron chi connectivity index (χ0n) is 9.92. The summed E-state index contributed by atoms with van der Waals surface area (Å²) in [5.41, 5.74) is 7.78. The second kappa shape index (κ2) is 4.94. The minimum atomic E-state index is -0.249. The molecule has 0 spiro atoms. The predicted molar refractivity (Wildman–Crippen MR) is 77.9 cm³/mol. The number of carbonyl (C=O) groups excluding carboxylic acids is 1. The van der Waals surface area contributed by atoms with Crippen molar-refractivity contribution in [3.05, 3.63) is 27.3 Å². The molecule has 0 saturated heterocycles. The predicted octanol–water partition coefficient (Wildman–Crippen LogP) is 2.81. The lowest BCUT2D eigenvalue weighted by molar-refractivity contribution is -0.118. The van der Waals surface area contributed by atoms with Gasteiger partial charge in [-0.25, -0.2) is 0 Å². The van der Waals surface area contributed by atoms with Crippen molar-refractivity contribution in [2.45, 2.75) is 38.1 Å². The van der Waals surface area contributed by atoms with Crippen molar-refractivity contribution in [1.82, 2.24) is 0 Å². The number of hydrogen-bond donors (Lipinski definition) is 2. The Morgan fingerprint density at radius 3 is 2.76 bits per heavy atom. The lowest BCUT2D eigenvalue weighted by Gasteiger charge is -2.37. The Kier molecular flexibility index (Phi) is 3.73. The molecule has 0 bridgehead atoms. The van der Waals surface area contributed by atoms with E-state index >= 15 is 0 Å². The standard InChI is InChI=1S/C13H17IN2O/c1-9-7-10(14)3-4-11(9)16-12(17)8-13(15)5-2-6-13/h3-4,7H,2,5-6,8,15H2,1H3,(H,16,17). The highest BCUT2D eigenvalue weighted by Gasteiger charge is 2.34. The Morgan fingerprint density at radius 1 is 1.53 bits per heavy atom. The number of nitrogens with one attached hydrogen (secondary N) is 1. The molecule has 0 heterocycles. The highest BCUT2D eigenvalue weighted by Crippen LogP contribution is 2.32. The Morgan fingerprint density at radius 2 is 2.24 bits per heavy atom. The Hall–Kier alpha value is -0.620. The maximum atomic E-state index is 11.9. The molecular formula is C13H17IN2O. The maximum absolute atomic E-state index is 11.9. The fraction of sp³-hybridized carbons (Fsp3) is 0.462. The van der Waals surface area contributed by atoms with Gasteiger partial charge in [-0.3, -0.25) is 4.79 Å². The van der Waals surface area contributed by atoms with Gasteiger partial charge in [-0.2, -0.15) is 0 Å². The summed E-state index contributed by atoms with van der Waals surface area (Å²) in [5.74, 6) is 0.0245. The van der Waals surface area contributed by atoms with E-state index in [2.05, 4.69) is 34.0 Å². The first kappa shape index (κ1) is 12.8. The molecule has 0 radical (unpaired) electrons. The molecule has 17 heavy (non-hydrogen) atoms. The molecule has 2 rings (SSSR count). The van der Waals surface area contributed by atoms with Crippen molar-refractivity contribution < 1.29 is 4.79 Å². The molecular weight excluding hydrogens is 327 g/mol. The average Bonchev–Trinajstić information content (AvgIpc) is 2.20. The molecule has 0 unspecified atom stereocenters. The summed E-state index contributed by atoms with van der Waals surface area (Å²) in [6.07, 6.45) is 3.50. The molecule has 1 aromatic rings. The molecule has 0 aliphatic heterocycles. The van der Waals surface area contributed by atoms with E-state index in [1.165, 1.54) is 3.57 Å². The molecule has 3 N–H and O–H groups in total. The minimum absolute atomic E-state index is 0.0245. The maximum Gasteiger partial charge on any atom is 0.226 e. The van der Waals surface area contributed by atoms with Crippen LogP contribution in [0.1, 0.15) is 31.2 Å². The first-order valence-corrected chi connectivity index (χ1v) is 6.91. The molecule has 92 valence electrons. The highest BCUT2D eigenvalue weighted by molar-refractivity contribution is 14.1. The first-order valence-electron chi connectivity index (χ1n) is 5.83. The molecule has 3 nitrogen and oxygen atoms in total. The van der Waals surface area contributed by atoms with Crippen molar-refractivity contribution in [3.8, 4) is 0 Å². The number of carbonyl (C=O) groups is 1. The summed E-state index contributed by atoms with van der Waals surface area (Å²) in [6.45, 7) is 2.00. The van der Waals surface area contributed by atoms with Crippen molar-refractivity contribution in [2.75, 3.05) is 5.32 Å². The van der Waals surface area contributed by atoms with Crippen molar-refractivity contribution in [2.24, 2.45) is 5.73 Å². The van der Waals surface area contributed by atoms with Gasteiger partial charge in [-0.1, -0.05) is 0 Å². The number of nitrogens with two attached hydrogens (primary N) is 1. The van der Waals surface area contributed by atoms with E-state index < -0.39 is 0 Å². The van der Waals surface area contributed by atoms with E-state index in [9.17, 15) is 4.79 Å². The van der Waals surface area contributed by atoms with Gasteiger partial charge < -0.3 is 11.1 Å². The zero-order chi connectivity index (χ0) is 12.5. The summed E-state index contributed by atoms with van der Waals surface area (Å²) in [6, 6.07) is 5.99. The second-order valence-electron chi connectivity index (χ2n) is 4.90. The number of amides is 1. The number of anilines is 1. The second-order valence-corrected chi connectivity index (χ2v) is 6.15. The van der Waals surface area contributed by atoms with Crippen LogP contribution in [0.3, 0.4) is 0 Å². The van der Waals surface area contributed by atoms with Gasteiger partial charge in [0.05, 0.1) is 0 Å². The first-order chi connectivity index (χ1) is 7.98. The summed E-state index contributed by atoms with van der Waals surface area (Å²) in [4.78, 5) is 11.9. The monoisotopic (exact) mass is 344 g/mol. The van der Waals surface area contributed by atoms with E-state index in [0.29, 0.717) is 6.42 Å². The van der Waals surface area contributed by atoms with Crippen LogP contribution >= 0.6 is 22.6 Å². The normalized spacial score (nSPS) is 17.4. The van der Waals surface area contributed by atoms with Crippen molar-refractivity contribution in [1.29, 1.82) is 0 Å². The van der Waals surface area contributed by atoms with E-state index in [0.717, 1.165) is 30.5 Å². The average molecular weight is 344 g/mol. The quantitative estimate of drug-likeness (QED) is 0.829. The number of rotatable bonds is 3. The van der Waals surface area contributed by atoms with Crippen LogP contribution < -0.4 is 11.1 Å². The SMILES string of the molecule is Cc1cc(I)ccc1NC(=O)CC1(N)CCC1. The zero-order valence-corrected chi connectivity index (χ0v) is 12.1. The van der Waals surface area contributed by atoms with Crippen LogP contribution in [0.15, 0.2) is 18.2 Å². The van der Waals surface area contributed by atoms with Gasteiger partial charge in [0, 0.05) is 21.2 Å². The minimum Gasteiger partial charge on any atom is -0.326 e. The summed E-state index contributed by atoms with van der Waals surface area (Å²) in [5, 5.41) is 2.94. The van der Waals surface area contributed by atoms with Crippen LogP contribution in [0, 0.1) is 10.5 Å². The number of benzene rings is 1. The third-order valence-electron chi connectivity index (χ3n) is 3.32. The fourth-order valence-corrected chi connectivity index (χ4v) is 2.74. The van der Waals surface area contributed by atoms with Gasteiger partial charge in [-0.15, -0.1) is 0 Å². The van der Waals surface area contributed by atoms with Crippen LogP contribution in [-0.2, 0) is 4.79 Å². The van der Waals surface area contributed by atoms with Gasteiger partial charge in [0.15, 0.2) is 0 Å². The van der Waals surface area contributed by atoms with Gasteiger partial charge >= 0.3 is 0 Å².